The average Bonchev–Trinajstić information content (AvgIpc) is 3.23. The Balaban J connectivity index is 2.35. The van der Waals surface area contributed by atoms with Crippen LogP contribution in [0.25, 0.3) is 10.9 Å². The van der Waals surface area contributed by atoms with Crippen LogP contribution >= 0.6 is 0 Å². The number of benzene rings is 1. The predicted molar refractivity (Wildman–Crippen MR) is 90.2 cm³/mol. The molecule has 2 aromatic rings. The van der Waals surface area contributed by atoms with Crippen molar-refractivity contribution in [3.05, 3.63) is 39.7 Å². The van der Waals surface area contributed by atoms with E-state index in [1.165, 1.54) is 6.21 Å². The molecule has 1 heterocycles. The van der Waals surface area contributed by atoms with Crippen molar-refractivity contribution in [3.63, 3.8) is 0 Å². The number of para-hydroxylation sites is 1. The molecule has 4 nitrogen and oxygen atoms in total. The van der Waals surface area contributed by atoms with E-state index >= 15 is 0 Å². The minimum Gasteiger partial charge on any atom is -0.506 e. The summed E-state index contributed by atoms with van der Waals surface area (Å²) in [6.07, 6.45) is 3.56. The van der Waals surface area contributed by atoms with Crippen LogP contribution in [0.3, 0.4) is 0 Å². The van der Waals surface area contributed by atoms with Gasteiger partial charge in [-0.15, -0.1) is 0 Å². The Labute approximate surface area is 130 Å². The number of hydrogen-bond donors (Lipinski definition) is 1. The second-order valence-corrected chi connectivity index (χ2v) is 7.07. The summed E-state index contributed by atoms with van der Waals surface area (Å²) in [5.41, 5.74) is 1.72. The van der Waals surface area contributed by atoms with E-state index in [9.17, 15) is 9.90 Å². The molecule has 0 saturated heterocycles. The maximum Gasteiger partial charge on any atom is 0.263 e. The van der Waals surface area contributed by atoms with E-state index < -0.39 is 0 Å². The number of pyridine rings is 1. The van der Waals surface area contributed by atoms with E-state index in [0.29, 0.717) is 5.56 Å². The maximum absolute atomic E-state index is 12.9. The highest BCUT2D eigenvalue weighted by molar-refractivity contribution is 5.96. The summed E-state index contributed by atoms with van der Waals surface area (Å²) < 4.78 is 1.84. The minimum absolute atomic E-state index is 0.0357. The van der Waals surface area contributed by atoms with Gasteiger partial charge in [0.25, 0.3) is 5.56 Å². The van der Waals surface area contributed by atoms with Gasteiger partial charge in [-0.1, -0.05) is 12.1 Å². The van der Waals surface area contributed by atoms with Crippen LogP contribution in [0.1, 0.15) is 50.8 Å². The lowest BCUT2D eigenvalue weighted by Crippen LogP contribution is -2.24. The summed E-state index contributed by atoms with van der Waals surface area (Å²) in [7, 11) is 0. The number of rotatable bonds is 2. The van der Waals surface area contributed by atoms with Crippen molar-refractivity contribution in [1.29, 1.82) is 0 Å². The van der Waals surface area contributed by atoms with Crippen LogP contribution in [-0.2, 0) is 0 Å². The molecular weight excluding hydrogens is 276 g/mol. The SMILES string of the molecule is Cc1cccc2c(O)c(C=NC(C)(C)C)c(=O)n(C3CC3)c12. The smallest absolute Gasteiger partial charge is 0.263 e. The van der Waals surface area contributed by atoms with Crippen molar-refractivity contribution in [2.75, 3.05) is 0 Å². The van der Waals surface area contributed by atoms with Crippen molar-refractivity contribution in [3.8, 4) is 5.75 Å². The van der Waals surface area contributed by atoms with Crippen LogP contribution in [0.4, 0.5) is 0 Å². The van der Waals surface area contributed by atoms with E-state index in [1.807, 2.05) is 50.5 Å². The number of fused-ring (bicyclic) bond motifs is 1. The Morgan fingerprint density at radius 1 is 1.32 bits per heavy atom. The molecule has 1 aromatic carbocycles. The van der Waals surface area contributed by atoms with Gasteiger partial charge in [0.1, 0.15) is 11.3 Å². The molecule has 1 aromatic heterocycles. The Bertz CT molecular complexity index is 822. The summed E-state index contributed by atoms with van der Waals surface area (Å²) in [6.45, 7) is 7.87. The molecule has 1 saturated carbocycles. The first-order valence-electron chi connectivity index (χ1n) is 7.71. The van der Waals surface area contributed by atoms with Crippen LogP contribution in [0, 0.1) is 6.92 Å². The number of aromatic hydroxyl groups is 1. The molecular formula is C18H22N2O2. The zero-order chi connectivity index (χ0) is 16.1. The quantitative estimate of drug-likeness (QED) is 0.862. The fourth-order valence-electron chi connectivity index (χ4n) is 2.70. The highest BCUT2D eigenvalue weighted by atomic mass is 16.3. The number of aliphatic imine (C=N–C) groups is 1. The van der Waals surface area contributed by atoms with E-state index in [1.54, 1.807) is 0 Å². The lowest BCUT2D eigenvalue weighted by Gasteiger charge is -2.16. The number of aromatic nitrogens is 1. The molecule has 0 aliphatic heterocycles. The molecule has 1 fully saturated rings. The molecule has 0 radical (unpaired) electrons. The van der Waals surface area contributed by atoms with Crippen molar-refractivity contribution < 1.29 is 5.11 Å². The molecule has 22 heavy (non-hydrogen) atoms. The third-order valence-electron chi connectivity index (χ3n) is 3.93. The topological polar surface area (TPSA) is 54.6 Å². The molecule has 0 amide bonds. The summed E-state index contributed by atoms with van der Waals surface area (Å²) >= 11 is 0. The van der Waals surface area contributed by atoms with Crippen LogP contribution in [-0.4, -0.2) is 21.4 Å². The van der Waals surface area contributed by atoms with Gasteiger partial charge in [-0.2, -0.15) is 0 Å². The lowest BCUT2D eigenvalue weighted by molar-refractivity contribution is 0.477. The maximum atomic E-state index is 12.9. The summed E-state index contributed by atoms with van der Waals surface area (Å²) in [5.74, 6) is 0.0357. The normalized spacial score (nSPS) is 15.8. The monoisotopic (exact) mass is 298 g/mol. The fourth-order valence-corrected chi connectivity index (χ4v) is 2.70. The van der Waals surface area contributed by atoms with E-state index in [-0.39, 0.29) is 22.9 Å². The minimum atomic E-state index is -0.287. The standard InChI is InChI=1S/C18H22N2O2/c1-11-6-5-7-13-15(11)20(12-8-9-12)17(22)14(16(13)21)10-19-18(2,3)4/h5-7,10,12,21H,8-9H2,1-4H3. The zero-order valence-electron chi connectivity index (χ0n) is 13.6. The molecule has 116 valence electrons. The molecule has 0 spiro atoms. The first kappa shape index (κ1) is 14.8. The molecule has 0 atom stereocenters. The second-order valence-electron chi connectivity index (χ2n) is 7.07. The molecule has 0 unspecified atom stereocenters. The average molecular weight is 298 g/mol. The third-order valence-corrected chi connectivity index (χ3v) is 3.93. The Morgan fingerprint density at radius 2 is 2.00 bits per heavy atom. The van der Waals surface area contributed by atoms with Gasteiger partial charge in [-0.3, -0.25) is 9.79 Å². The third kappa shape index (κ3) is 2.54. The van der Waals surface area contributed by atoms with Crippen LogP contribution in [0.2, 0.25) is 0 Å². The Kier molecular flexibility index (Phi) is 3.35. The summed E-state index contributed by atoms with van der Waals surface area (Å²) in [4.78, 5) is 17.3. The van der Waals surface area contributed by atoms with Gasteiger partial charge < -0.3 is 9.67 Å². The molecule has 4 heteroatoms. The highest BCUT2D eigenvalue weighted by Crippen LogP contribution is 2.38. The van der Waals surface area contributed by atoms with Crippen LogP contribution in [0.5, 0.6) is 5.75 Å². The van der Waals surface area contributed by atoms with Crippen LogP contribution in [0.15, 0.2) is 28.0 Å². The Morgan fingerprint density at radius 3 is 2.59 bits per heavy atom. The zero-order valence-corrected chi connectivity index (χ0v) is 13.6. The summed E-state index contributed by atoms with van der Waals surface area (Å²) in [6, 6.07) is 6.00. The first-order chi connectivity index (χ1) is 10.3. The van der Waals surface area contributed by atoms with Crippen molar-refractivity contribution >= 4 is 17.1 Å². The number of nitrogens with zero attached hydrogens (tertiary/aromatic N) is 2. The Hall–Kier alpha value is -2.10. The van der Waals surface area contributed by atoms with Gasteiger partial charge in [-0.05, 0) is 52.2 Å². The van der Waals surface area contributed by atoms with Gasteiger partial charge in [0.2, 0.25) is 0 Å². The molecule has 1 N–H and O–H groups in total. The fraction of sp³-hybridized carbons (Fsp3) is 0.444. The van der Waals surface area contributed by atoms with E-state index in [2.05, 4.69) is 4.99 Å². The van der Waals surface area contributed by atoms with Gasteiger partial charge >= 0.3 is 0 Å². The van der Waals surface area contributed by atoms with Crippen molar-refractivity contribution in [1.82, 2.24) is 4.57 Å². The second kappa shape index (κ2) is 4.97. The van der Waals surface area contributed by atoms with E-state index in [4.69, 9.17) is 0 Å². The lowest BCUT2D eigenvalue weighted by atomic mass is 10.1. The van der Waals surface area contributed by atoms with Gasteiger partial charge in [0.15, 0.2) is 0 Å². The number of aryl methyl sites for hydroxylation is 1. The van der Waals surface area contributed by atoms with E-state index in [0.717, 1.165) is 29.3 Å². The molecule has 0 bridgehead atoms. The highest BCUT2D eigenvalue weighted by Gasteiger charge is 2.29. The van der Waals surface area contributed by atoms with Gasteiger partial charge in [0.05, 0.1) is 11.1 Å². The first-order valence-corrected chi connectivity index (χ1v) is 7.71. The molecule has 1 aliphatic carbocycles. The van der Waals surface area contributed by atoms with Gasteiger partial charge in [0, 0.05) is 17.6 Å². The van der Waals surface area contributed by atoms with Crippen LogP contribution < -0.4 is 5.56 Å². The van der Waals surface area contributed by atoms with Crippen molar-refractivity contribution in [2.24, 2.45) is 4.99 Å². The summed E-state index contributed by atoms with van der Waals surface area (Å²) in [5, 5.41) is 11.3. The number of hydrogen-bond acceptors (Lipinski definition) is 3. The predicted octanol–water partition coefficient (Wildman–Crippen LogP) is 3.57. The largest absolute Gasteiger partial charge is 0.506 e. The van der Waals surface area contributed by atoms with Gasteiger partial charge in [-0.25, -0.2) is 0 Å². The molecule has 1 aliphatic rings. The van der Waals surface area contributed by atoms with Crippen molar-refractivity contribution in [2.45, 2.75) is 52.1 Å². The molecule has 3 rings (SSSR count).